The molecule has 3 heterocycles. The molecule has 6 heteroatoms. The van der Waals surface area contributed by atoms with Crippen molar-refractivity contribution in [2.45, 2.75) is 18.8 Å². The van der Waals surface area contributed by atoms with Gasteiger partial charge in [-0.2, -0.15) is 5.10 Å². The molecule has 1 saturated heterocycles. The van der Waals surface area contributed by atoms with Crippen molar-refractivity contribution in [2.75, 3.05) is 32.2 Å². The van der Waals surface area contributed by atoms with Gasteiger partial charge in [0.25, 0.3) is 0 Å². The highest BCUT2D eigenvalue weighted by molar-refractivity contribution is 5.59. The Morgan fingerprint density at radius 2 is 1.85 bits per heavy atom. The molecule has 4 rings (SSSR count). The molecule has 136 valence electrons. The molecule has 1 fully saturated rings. The summed E-state index contributed by atoms with van der Waals surface area (Å²) < 4.78 is 10.8. The first-order valence-corrected chi connectivity index (χ1v) is 8.94. The molecule has 26 heavy (non-hydrogen) atoms. The SMILES string of the molecule is COc1ccc(N2CCC(c3cc(-c4cc[nH]c4)n[nH]3)CC2)cc1OC. The van der Waals surface area contributed by atoms with E-state index >= 15 is 0 Å². The lowest BCUT2D eigenvalue weighted by Gasteiger charge is -2.33. The zero-order valence-electron chi connectivity index (χ0n) is 15.2. The number of benzene rings is 1. The topological polar surface area (TPSA) is 66.2 Å². The van der Waals surface area contributed by atoms with E-state index in [1.807, 2.05) is 24.5 Å². The molecule has 3 aromatic rings. The minimum absolute atomic E-state index is 0.520. The van der Waals surface area contributed by atoms with Crippen LogP contribution in [-0.4, -0.2) is 42.5 Å². The van der Waals surface area contributed by atoms with E-state index in [1.165, 1.54) is 11.4 Å². The third-order valence-corrected chi connectivity index (χ3v) is 5.16. The van der Waals surface area contributed by atoms with Crippen molar-refractivity contribution in [1.82, 2.24) is 15.2 Å². The largest absolute Gasteiger partial charge is 0.493 e. The Balaban J connectivity index is 1.43. The number of aromatic nitrogens is 3. The summed E-state index contributed by atoms with van der Waals surface area (Å²) in [6.07, 6.45) is 6.09. The molecule has 2 aromatic heterocycles. The second kappa shape index (κ2) is 7.15. The van der Waals surface area contributed by atoms with Crippen LogP contribution in [-0.2, 0) is 0 Å². The van der Waals surface area contributed by atoms with E-state index in [0.29, 0.717) is 5.92 Å². The Bertz CT molecular complexity index is 849. The normalized spacial score (nSPS) is 15.2. The van der Waals surface area contributed by atoms with Gasteiger partial charge < -0.3 is 19.4 Å². The Morgan fingerprint density at radius 1 is 1.04 bits per heavy atom. The fourth-order valence-electron chi connectivity index (χ4n) is 3.65. The fourth-order valence-corrected chi connectivity index (χ4v) is 3.65. The molecule has 0 saturated carbocycles. The quantitative estimate of drug-likeness (QED) is 0.733. The van der Waals surface area contributed by atoms with Gasteiger partial charge >= 0.3 is 0 Å². The van der Waals surface area contributed by atoms with Gasteiger partial charge in [-0.15, -0.1) is 0 Å². The molecule has 0 aliphatic carbocycles. The Kier molecular flexibility index (Phi) is 4.56. The summed E-state index contributed by atoms with van der Waals surface area (Å²) in [5.74, 6) is 2.06. The first-order valence-electron chi connectivity index (χ1n) is 8.94. The molecule has 0 unspecified atom stereocenters. The van der Waals surface area contributed by atoms with Crippen LogP contribution < -0.4 is 14.4 Å². The molecule has 0 bridgehead atoms. The highest BCUT2D eigenvalue weighted by atomic mass is 16.5. The summed E-state index contributed by atoms with van der Waals surface area (Å²) in [7, 11) is 3.34. The van der Waals surface area contributed by atoms with E-state index in [4.69, 9.17) is 9.47 Å². The van der Waals surface area contributed by atoms with E-state index in [0.717, 1.165) is 48.7 Å². The van der Waals surface area contributed by atoms with Crippen LogP contribution in [0, 0.1) is 0 Å². The third-order valence-electron chi connectivity index (χ3n) is 5.16. The molecular weight excluding hydrogens is 328 g/mol. The van der Waals surface area contributed by atoms with Crippen molar-refractivity contribution in [2.24, 2.45) is 0 Å². The van der Waals surface area contributed by atoms with Crippen LogP contribution in [0.1, 0.15) is 24.5 Å². The highest BCUT2D eigenvalue weighted by Gasteiger charge is 2.23. The van der Waals surface area contributed by atoms with Gasteiger partial charge in [0.1, 0.15) is 0 Å². The molecule has 0 atom stereocenters. The first-order chi connectivity index (χ1) is 12.8. The number of ether oxygens (including phenoxy) is 2. The van der Waals surface area contributed by atoms with Crippen LogP contribution in [0.4, 0.5) is 5.69 Å². The smallest absolute Gasteiger partial charge is 0.162 e. The van der Waals surface area contributed by atoms with Gasteiger partial charge in [-0.3, -0.25) is 5.10 Å². The number of nitrogens with one attached hydrogen (secondary N) is 2. The third kappa shape index (κ3) is 3.14. The number of nitrogens with zero attached hydrogens (tertiary/aromatic N) is 2. The van der Waals surface area contributed by atoms with Gasteiger partial charge in [0.15, 0.2) is 11.5 Å². The molecule has 0 amide bonds. The maximum absolute atomic E-state index is 5.43. The van der Waals surface area contributed by atoms with Crippen LogP contribution in [0.3, 0.4) is 0 Å². The number of anilines is 1. The minimum atomic E-state index is 0.520. The number of rotatable bonds is 5. The van der Waals surface area contributed by atoms with Crippen molar-refractivity contribution in [1.29, 1.82) is 0 Å². The second-order valence-electron chi connectivity index (χ2n) is 6.61. The van der Waals surface area contributed by atoms with Crippen LogP contribution in [0.2, 0.25) is 0 Å². The van der Waals surface area contributed by atoms with Crippen LogP contribution in [0.15, 0.2) is 42.7 Å². The molecule has 1 aromatic carbocycles. The fraction of sp³-hybridized carbons (Fsp3) is 0.350. The highest BCUT2D eigenvalue weighted by Crippen LogP contribution is 2.35. The number of piperidine rings is 1. The molecule has 6 nitrogen and oxygen atoms in total. The summed E-state index contributed by atoms with van der Waals surface area (Å²) in [6.45, 7) is 2.03. The van der Waals surface area contributed by atoms with Crippen LogP contribution in [0.5, 0.6) is 11.5 Å². The van der Waals surface area contributed by atoms with Crippen molar-refractivity contribution in [3.63, 3.8) is 0 Å². The van der Waals surface area contributed by atoms with Crippen molar-refractivity contribution >= 4 is 5.69 Å². The van der Waals surface area contributed by atoms with E-state index in [2.05, 4.69) is 38.3 Å². The standard InChI is InChI=1S/C20H24N4O2/c1-25-19-4-3-16(11-20(19)26-2)24-9-6-14(7-10-24)17-12-18(23-22-17)15-5-8-21-13-15/h3-5,8,11-14,21H,6-7,9-10H2,1-2H3,(H,22,23). The lowest BCUT2D eigenvalue weighted by molar-refractivity contribution is 0.355. The van der Waals surface area contributed by atoms with Gasteiger partial charge in [-0.05, 0) is 37.1 Å². The number of H-pyrrole nitrogens is 2. The first kappa shape index (κ1) is 16.6. The molecule has 2 N–H and O–H groups in total. The number of aromatic amines is 2. The van der Waals surface area contributed by atoms with Gasteiger partial charge in [0.05, 0.1) is 19.9 Å². The summed E-state index contributed by atoms with van der Waals surface area (Å²) in [6, 6.07) is 10.3. The van der Waals surface area contributed by atoms with E-state index in [1.54, 1.807) is 14.2 Å². The predicted molar refractivity (Wildman–Crippen MR) is 102 cm³/mol. The van der Waals surface area contributed by atoms with Crippen molar-refractivity contribution < 1.29 is 9.47 Å². The Hall–Kier alpha value is -2.89. The molecular formula is C20H24N4O2. The maximum Gasteiger partial charge on any atom is 0.162 e. The Labute approximate surface area is 153 Å². The lowest BCUT2D eigenvalue weighted by Crippen LogP contribution is -2.32. The average molecular weight is 352 g/mol. The number of hydrogen-bond acceptors (Lipinski definition) is 4. The monoisotopic (exact) mass is 352 g/mol. The van der Waals surface area contributed by atoms with E-state index < -0.39 is 0 Å². The van der Waals surface area contributed by atoms with Gasteiger partial charge in [-0.1, -0.05) is 0 Å². The maximum atomic E-state index is 5.43. The average Bonchev–Trinajstić information content (AvgIpc) is 3.39. The second-order valence-corrected chi connectivity index (χ2v) is 6.61. The lowest BCUT2D eigenvalue weighted by atomic mass is 9.93. The van der Waals surface area contributed by atoms with Gasteiger partial charge in [-0.25, -0.2) is 0 Å². The summed E-state index contributed by atoms with van der Waals surface area (Å²) in [5, 5.41) is 7.70. The van der Waals surface area contributed by atoms with Crippen molar-refractivity contribution in [3.8, 4) is 22.8 Å². The number of methoxy groups -OCH3 is 2. The minimum Gasteiger partial charge on any atom is -0.493 e. The van der Waals surface area contributed by atoms with Gasteiger partial charge in [0.2, 0.25) is 0 Å². The number of hydrogen-bond donors (Lipinski definition) is 2. The molecule has 1 aliphatic heterocycles. The summed E-state index contributed by atoms with van der Waals surface area (Å²) >= 11 is 0. The van der Waals surface area contributed by atoms with E-state index in [-0.39, 0.29) is 0 Å². The van der Waals surface area contributed by atoms with Gasteiger partial charge in [0, 0.05) is 54.4 Å². The zero-order valence-corrected chi connectivity index (χ0v) is 15.2. The van der Waals surface area contributed by atoms with E-state index in [9.17, 15) is 0 Å². The summed E-state index contributed by atoms with van der Waals surface area (Å²) in [5.41, 5.74) is 4.53. The van der Waals surface area contributed by atoms with Crippen molar-refractivity contribution in [3.05, 3.63) is 48.4 Å². The van der Waals surface area contributed by atoms with Crippen LogP contribution >= 0.6 is 0 Å². The molecule has 0 spiro atoms. The Morgan fingerprint density at radius 3 is 2.54 bits per heavy atom. The molecule has 0 radical (unpaired) electrons. The summed E-state index contributed by atoms with van der Waals surface area (Å²) in [4.78, 5) is 5.48. The zero-order chi connectivity index (χ0) is 17.9. The van der Waals surface area contributed by atoms with Crippen LogP contribution in [0.25, 0.3) is 11.3 Å². The molecule has 1 aliphatic rings. The predicted octanol–water partition coefficient (Wildman–Crippen LogP) is 3.81.